The van der Waals surface area contributed by atoms with Crippen LogP contribution in [0.4, 0.5) is 5.95 Å². The number of imidazole rings is 1. The molecule has 1 heterocycles. The van der Waals surface area contributed by atoms with E-state index in [-0.39, 0.29) is 0 Å². The van der Waals surface area contributed by atoms with Crippen molar-refractivity contribution < 1.29 is 14.2 Å². The lowest BCUT2D eigenvalue weighted by molar-refractivity contribution is 0.0671. The first-order chi connectivity index (χ1) is 9.77. The number of nitrogens with two attached hydrogens (primary N) is 1. The molecule has 0 aliphatic carbocycles. The van der Waals surface area contributed by atoms with Crippen molar-refractivity contribution in [2.24, 2.45) is 0 Å². The van der Waals surface area contributed by atoms with Crippen LogP contribution in [0.25, 0.3) is 11.0 Å². The highest BCUT2D eigenvalue weighted by molar-refractivity contribution is 5.84. The summed E-state index contributed by atoms with van der Waals surface area (Å²) < 4.78 is 17.9. The molecule has 0 radical (unpaired) electrons. The van der Waals surface area contributed by atoms with Gasteiger partial charge in [0.15, 0.2) is 0 Å². The van der Waals surface area contributed by atoms with E-state index in [1.165, 1.54) is 0 Å². The lowest BCUT2D eigenvalue weighted by atomic mass is 10.3. The minimum absolute atomic E-state index is 0.475. The number of benzene rings is 1. The Morgan fingerprint density at radius 1 is 1.25 bits per heavy atom. The number of para-hydroxylation sites is 1. The first-order valence-electron chi connectivity index (χ1n) is 6.72. The number of hydrogen-bond donors (Lipinski definition) is 1. The Morgan fingerprint density at radius 2 is 2.10 bits per heavy atom. The molecule has 0 saturated carbocycles. The van der Waals surface area contributed by atoms with Gasteiger partial charge in [0.05, 0.1) is 31.9 Å². The number of aromatic nitrogens is 2. The molecule has 0 saturated heterocycles. The molecule has 0 spiro atoms. The topological polar surface area (TPSA) is 71.5 Å². The summed E-state index contributed by atoms with van der Waals surface area (Å²) >= 11 is 0. The quantitative estimate of drug-likeness (QED) is 0.744. The van der Waals surface area contributed by atoms with Crippen LogP contribution in [0.3, 0.4) is 0 Å². The van der Waals surface area contributed by atoms with Crippen LogP contribution in [0, 0.1) is 0 Å². The van der Waals surface area contributed by atoms with Gasteiger partial charge in [-0.1, -0.05) is 6.07 Å². The standard InChI is InChI=1S/C14H21N3O3/c1-3-20-12-6-4-5-11-13(12)16-14(15)17(11)7-8-19-10-9-18-2/h4-6H,3,7-10H2,1-2H3,(H2,15,16). The second-order valence-electron chi connectivity index (χ2n) is 4.28. The van der Waals surface area contributed by atoms with E-state index in [0.717, 1.165) is 16.8 Å². The number of rotatable bonds is 8. The summed E-state index contributed by atoms with van der Waals surface area (Å²) in [5.74, 6) is 1.23. The summed E-state index contributed by atoms with van der Waals surface area (Å²) in [5.41, 5.74) is 7.73. The van der Waals surface area contributed by atoms with Crippen molar-refractivity contribution in [3.8, 4) is 5.75 Å². The molecule has 110 valence electrons. The summed E-state index contributed by atoms with van der Waals surface area (Å²) in [6, 6.07) is 5.82. The summed E-state index contributed by atoms with van der Waals surface area (Å²) in [5, 5.41) is 0. The van der Waals surface area contributed by atoms with Crippen LogP contribution >= 0.6 is 0 Å². The minimum Gasteiger partial charge on any atom is -0.492 e. The number of fused-ring (bicyclic) bond motifs is 1. The zero-order chi connectivity index (χ0) is 14.4. The van der Waals surface area contributed by atoms with Crippen LogP contribution in [-0.4, -0.2) is 43.1 Å². The fraction of sp³-hybridized carbons (Fsp3) is 0.500. The van der Waals surface area contributed by atoms with Gasteiger partial charge in [0.25, 0.3) is 0 Å². The number of nitrogen functional groups attached to an aromatic ring is 1. The molecule has 0 aliphatic heterocycles. The molecular weight excluding hydrogens is 258 g/mol. The average molecular weight is 279 g/mol. The predicted molar refractivity (Wildman–Crippen MR) is 78.0 cm³/mol. The van der Waals surface area contributed by atoms with E-state index < -0.39 is 0 Å². The maximum atomic E-state index is 5.98. The van der Waals surface area contributed by atoms with Gasteiger partial charge < -0.3 is 24.5 Å². The minimum atomic E-state index is 0.475. The number of ether oxygens (including phenoxy) is 3. The third-order valence-corrected chi connectivity index (χ3v) is 2.96. The van der Waals surface area contributed by atoms with Crippen molar-refractivity contribution in [2.45, 2.75) is 13.5 Å². The Bertz CT molecular complexity index is 554. The average Bonchev–Trinajstić information content (AvgIpc) is 2.76. The first-order valence-corrected chi connectivity index (χ1v) is 6.72. The van der Waals surface area contributed by atoms with Crippen molar-refractivity contribution >= 4 is 17.0 Å². The first kappa shape index (κ1) is 14.6. The zero-order valence-electron chi connectivity index (χ0n) is 12.0. The van der Waals surface area contributed by atoms with Crippen LogP contribution in [0.5, 0.6) is 5.75 Å². The second-order valence-corrected chi connectivity index (χ2v) is 4.28. The number of anilines is 1. The second kappa shape index (κ2) is 7.12. The molecule has 0 aliphatic rings. The van der Waals surface area contributed by atoms with Gasteiger partial charge in [0.1, 0.15) is 11.3 Å². The third kappa shape index (κ3) is 3.20. The largest absolute Gasteiger partial charge is 0.492 e. The molecule has 0 unspecified atom stereocenters. The lowest BCUT2D eigenvalue weighted by Gasteiger charge is -2.08. The maximum absolute atomic E-state index is 5.98. The van der Waals surface area contributed by atoms with E-state index >= 15 is 0 Å². The SMILES string of the molecule is CCOc1cccc2c1nc(N)n2CCOCCOC. The summed E-state index contributed by atoms with van der Waals surface area (Å²) in [4.78, 5) is 4.38. The van der Waals surface area contributed by atoms with Crippen LogP contribution in [0.15, 0.2) is 18.2 Å². The predicted octanol–water partition coefficient (Wildman–Crippen LogP) is 1.68. The van der Waals surface area contributed by atoms with Gasteiger partial charge in [-0.2, -0.15) is 0 Å². The highest BCUT2D eigenvalue weighted by Gasteiger charge is 2.11. The zero-order valence-corrected chi connectivity index (χ0v) is 12.0. The summed E-state index contributed by atoms with van der Waals surface area (Å²) in [7, 11) is 1.65. The molecule has 20 heavy (non-hydrogen) atoms. The Kier molecular flexibility index (Phi) is 5.20. The molecule has 1 aromatic heterocycles. The summed E-state index contributed by atoms with van der Waals surface area (Å²) in [6.07, 6.45) is 0. The lowest BCUT2D eigenvalue weighted by Crippen LogP contribution is -2.11. The van der Waals surface area contributed by atoms with Gasteiger partial charge >= 0.3 is 0 Å². The molecule has 0 amide bonds. The molecule has 6 heteroatoms. The van der Waals surface area contributed by atoms with Crippen molar-refractivity contribution in [3.63, 3.8) is 0 Å². The molecule has 1 aromatic carbocycles. The fourth-order valence-electron chi connectivity index (χ4n) is 2.05. The summed E-state index contributed by atoms with van der Waals surface area (Å²) in [6.45, 7) is 4.94. The Morgan fingerprint density at radius 3 is 2.85 bits per heavy atom. The van der Waals surface area contributed by atoms with E-state index in [2.05, 4.69) is 4.98 Å². The van der Waals surface area contributed by atoms with Gasteiger partial charge in [-0.25, -0.2) is 4.98 Å². The molecule has 6 nitrogen and oxygen atoms in total. The molecule has 0 bridgehead atoms. The third-order valence-electron chi connectivity index (χ3n) is 2.96. The molecule has 2 N–H and O–H groups in total. The number of methoxy groups -OCH3 is 1. The smallest absolute Gasteiger partial charge is 0.201 e. The van der Waals surface area contributed by atoms with Gasteiger partial charge in [0.2, 0.25) is 5.95 Å². The number of hydrogen-bond acceptors (Lipinski definition) is 5. The molecular formula is C14H21N3O3. The van der Waals surface area contributed by atoms with Gasteiger partial charge in [0, 0.05) is 13.7 Å². The van der Waals surface area contributed by atoms with Gasteiger partial charge in [-0.05, 0) is 19.1 Å². The van der Waals surface area contributed by atoms with Crippen molar-refractivity contribution in [1.82, 2.24) is 9.55 Å². The fourth-order valence-corrected chi connectivity index (χ4v) is 2.05. The van der Waals surface area contributed by atoms with Crippen molar-refractivity contribution in [1.29, 1.82) is 0 Å². The van der Waals surface area contributed by atoms with Gasteiger partial charge in [-0.15, -0.1) is 0 Å². The molecule has 2 rings (SSSR count). The molecule has 2 aromatic rings. The monoisotopic (exact) mass is 279 g/mol. The highest BCUT2D eigenvalue weighted by atomic mass is 16.5. The van der Waals surface area contributed by atoms with Crippen molar-refractivity contribution in [3.05, 3.63) is 18.2 Å². The van der Waals surface area contributed by atoms with Crippen LogP contribution in [-0.2, 0) is 16.0 Å². The normalized spacial score (nSPS) is 11.1. The Balaban J connectivity index is 2.12. The van der Waals surface area contributed by atoms with E-state index in [9.17, 15) is 0 Å². The van der Waals surface area contributed by atoms with E-state index in [1.807, 2.05) is 29.7 Å². The molecule has 0 atom stereocenters. The van der Waals surface area contributed by atoms with Crippen LogP contribution in [0.2, 0.25) is 0 Å². The van der Waals surface area contributed by atoms with E-state index in [4.69, 9.17) is 19.9 Å². The van der Waals surface area contributed by atoms with E-state index in [0.29, 0.717) is 38.9 Å². The van der Waals surface area contributed by atoms with Gasteiger partial charge in [-0.3, -0.25) is 0 Å². The van der Waals surface area contributed by atoms with E-state index in [1.54, 1.807) is 7.11 Å². The Labute approximate surface area is 118 Å². The Hall–Kier alpha value is -1.79. The van der Waals surface area contributed by atoms with Crippen LogP contribution in [0.1, 0.15) is 6.92 Å². The molecule has 0 fully saturated rings. The van der Waals surface area contributed by atoms with Crippen molar-refractivity contribution in [2.75, 3.05) is 39.3 Å². The highest BCUT2D eigenvalue weighted by Crippen LogP contribution is 2.26. The van der Waals surface area contributed by atoms with Crippen LogP contribution < -0.4 is 10.5 Å². The number of nitrogens with zero attached hydrogens (tertiary/aromatic N) is 2. The maximum Gasteiger partial charge on any atom is 0.201 e.